The van der Waals surface area contributed by atoms with Crippen LogP contribution in [0.3, 0.4) is 0 Å². The Bertz CT molecular complexity index is 1380. The number of likely N-dealkylation sites (tertiary alicyclic amines) is 1. The van der Waals surface area contributed by atoms with Gasteiger partial charge in [0.2, 0.25) is 0 Å². The second-order valence-corrected chi connectivity index (χ2v) is 8.77. The molecule has 2 aliphatic heterocycles. The minimum absolute atomic E-state index is 0.00711. The summed E-state index contributed by atoms with van der Waals surface area (Å²) in [7, 11) is 0. The van der Waals surface area contributed by atoms with Crippen molar-refractivity contribution in [2.75, 3.05) is 24.1 Å². The van der Waals surface area contributed by atoms with Crippen molar-refractivity contribution >= 4 is 29.4 Å². The first kappa shape index (κ1) is 23.2. The van der Waals surface area contributed by atoms with E-state index in [1.165, 1.54) is 4.57 Å². The summed E-state index contributed by atoms with van der Waals surface area (Å²) < 4.78 is 6.63. The monoisotopic (exact) mass is 487 g/mol. The van der Waals surface area contributed by atoms with E-state index in [0.717, 1.165) is 30.2 Å². The highest BCUT2D eigenvalue weighted by Gasteiger charge is 2.32. The van der Waals surface area contributed by atoms with Gasteiger partial charge >= 0.3 is 6.09 Å². The average molecular weight is 488 g/mol. The number of rotatable bonds is 5. The summed E-state index contributed by atoms with van der Waals surface area (Å²) in [5.41, 5.74) is 7.88. The lowest BCUT2D eigenvalue weighted by atomic mass is 10.0. The summed E-state index contributed by atoms with van der Waals surface area (Å²) in [6, 6.07) is 18.0. The number of nitrogen functional groups attached to an aromatic ring is 1. The Kier molecular flexibility index (Phi) is 6.16. The maximum absolute atomic E-state index is 12.6. The second kappa shape index (κ2) is 9.57. The zero-order valence-corrected chi connectivity index (χ0v) is 19.4. The van der Waals surface area contributed by atoms with Crippen molar-refractivity contribution in [3.8, 4) is 5.69 Å². The number of imide groups is 1. The van der Waals surface area contributed by atoms with Gasteiger partial charge in [-0.25, -0.2) is 4.79 Å². The van der Waals surface area contributed by atoms with Gasteiger partial charge in [0, 0.05) is 30.9 Å². The van der Waals surface area contributed by atoms with Crippen molar-refractivity contribution in [3.05, 3.63) is 87.7 Å². The largest absolute Gasteiger partial charge is 0.445 e. The summed E-state index contributed by atoms with van der Waals surface area (Å²) in [6.07, 6.45) is 1.22. The van der Waals surface area contributed by atoms with Crippen molar-refractivity contribution in [3.63, 3.8) is 0 Å². The molecule has 1 aromatic heterocycles. The Labute approximate surface area is 206 Å². The van der Waals surface area contributed by atoms with Crippen LogP contribution in [-0.2, 0) is 11.3 Å². The molecule has 2 aromatic carbocycles. The molecule has 0 atom stereocenters. The van der Waals surface area contributed by atoms with E-state index < -0.39 is 17.4 Å². The number of nitrogens with one attached hydrogen (secondary N) is 2. The molecule has 10 heteroatoms. The van der Waals surface area contributed by atoms with Crippen LogP contribution in [0.2, 0.25) is 0 Å². The van der Waals surface area contributed by atoms with Crippen LogP contribution >= 0.6 is 0 Å². The van der Waals surface area contributed by atoms with Crippen LogP contribution in [0.25, 0.3) is 5.69 Å². The third-order valence-corrected chi connectivity index (χ3v) is 6.41. The quantitative estimate of drug-likeness (QED) is 0.471. The van der Waals surface area contributed by atoms with Gasteiger partial charge in [-0.15, -0.1) is 0 Å². The number of carbonyl (C=O) groups excluding carboxylic acids is 3. The first-order valence-corrected chi connectivity index (χ1v) is 11.6. The number of carbonyl (C=O) groups is 3. The van der Waals surface area contributed by atoms with E-state index in [1.54, 1.807) is 17.0 Å². The fraction of sp³-hybridized carbons (Fsp3) is 0.231. The van der Waals surface area contributed by atoms with Crippen molar-refractivity contribution in [1.82, 2.24) is 14.8 Å². The van der Waals surface area contributed by atoms with Gasteiger partial charge < -0.3 is 20.7 Å². The Morgan fingerprint density at radius 3 is 2.39 bits per heavy atom. The van der Waals surface area contributed by atoms with Crippen LogP contribution in [-0.4, -0.2) is 46.5 Å². The number of ether oxygens (including phenoxy) is 1. The fourth-order valence-electron chi connectivity index (χ4n) is 4.51. The van der Waals surface area contributed by atoms with Gasteiger partial charge in [-0.05, 0) is 42.7 Å². The molecule has 10 nitrogen and oxygen atoms in total. The molecule has 0 radical (unpaired) electrons. The normalized spacial score (nSPS) is 15.4. The number of hydrogen-bond acceptors (Lipinski definition) is 7. The minimum atomic E-state index is -0.624. The van der Waals surface area contributed by atoms with Crippen LogP contribution in [0.5, 0.6) is 0 Å². The van der Waals surface area contributed by atoms with E-state index in [-0.39, 0.29) is 35.7 Å². The van der Waals surface area contributed by atoms with Crippen LogP contribution in [0.1, 0.15) is 39.1 Å². The number of piperidine rings is 1. The second-order valence-electron chi connectivity index (χ2n) is 8.77. The number of nitrogens with two attached hydrogens (primary N) is 1. The molecular weight excluding hydrogens is 462 g/mol. The summed E-state index contributed by atoms with van der Waals surface area (Å²) in [6.45, 7) is 1.43. The molecule has 184 valence electrons. The Balaban J connectivity index is 1.19. The van der Waals surface area contributed by atoms with Crippen LogP contribution in [0.15, 0.2) is 65.5 Å². The van der Waals surface area contributed by atoms with Crippen molar-refractivity contribution in [2.24, 2.45) is 0 Å². The Morgan fingerprint density at radius 2 is 1.69 bits per heavy atom. The summed E-state index contributed by atoms with van der Waals surface area (Å²) in [5, 5.41) is 5.61. The highest BCUT2D eigenvalue weighted by atomic mass is 16.6. The summed E-state index contributed by atoms with van der Waals surface area (Å²) >= 11 is 0. The van der Waals surface area contributed by atoms with E-state index in [4.69, 9.17) is 10.5 Å². The maximum atomic E-state index is 12.6. The number of aromatic nitrogens is 1. The molecule has 0 spiro atoms. The molecule has 36 heavy (non-hydrogen) atoms. The molecule has 0 aliphatic carbocycles. The molecule has 0 saturated carbocycles. The number of fused-ring (bicyclic) bond motifs is 1. The highest BCUT2D eigenvalue weighted by molar-refractivity contribution is 6.23. The first-order chi connectivity index (χ1) is 17.4. The first-order valence-electron chi connectivity index (χ1n) is 11.6. The predicted octanol–water partition coefficient (Wildman–Crippen LogP) is 2.52. The molecule has 0 bridgehead atoms. The molecule has 1 saturated heterocycles. The minimum Gasteiger partial charge on any atom is -0.445 e. The number of hydrogen-bond donors (Lipinski definition) is 3. The molecular formula is C26H25N5O5. The molecule has 1 fully saturated rings. The molecule has 3 aromatic rings. The third kappa shape index (κ3) is 4.52. The topological polar surface area (TPSA) is 136 Å². The third-order valence-electron chi connectivity index (χ3n) is 6.41. The summed E-state index contributed by atoms with van der Waals surface area (Å²) in [4.78, 5) is 50.6. The van der Waals surface area contributed by atoms with Crippen molar-refractivity contribution < 1.29 is 19.1 Å². The standard InChI is InChI=1S/C26H25N5O5/c27-23-22-20(24(33)29-25(22)34)14-21(32)31(23)19-8-6-17(7-9-19)28-18-10-12-30(13-11-18)26(35)36-15-16-4-2-1-3-5-16/h1-9,14,18,28H,10-13,15,27H2,(H,29,33,34). The van der Waals surface area contributed by atoms with Gasteiger partial charge in [-0.1, -0.05) is 30.3 Å². The van der Waals surface area contributed by atoms with Crippen LogP contribution in [0, 0.1) is 0 Å². The van der Waals surface area contributed by atoms with Gasteiger partial charge in [0.25, 0.3) is 17.4 Å². The lowest BCUT2D eigenvalue weighted by Gasteiger charge is -2.32. The van der Waals surface area contributed by atoms with Gasteiger partial charge in [-0.2, -0.15) is 0 Å². The van der Waals surface area contributed by atoms with Gasteiger partial charge in [0.15, 0.2) is 0 Å². The van der Waals surface area contributed by atoms with Gasteiger partial charge in [-0.3, -0.25) is 24.3 Å². The molecule has 3 amide bonds. The van der Waals surface area contributed by atoms with Crippen molar-refractivity contribution in [2.45, 2.75) is 25.5 Å². The van der Waals surface area contributed by atoms with Crippen molar-refractivity contribution in [1.29, 1.82) is 0 Å². The van der Waals surface area contributed by atoms with E-state index in [2.05, 4.69) is 10.6 Å². The number of anilines is 2. The number of benzene rings is 2. The van der Waals surface area contributed by atoms with Gasteiger partial charge in [0.1, 0.15) is 12.4 Å². The summed E-state index contributed by atoms with van der Waals surface area (Å²) in [5.74, 6) is -1.32. The van der Waals surface area contributed by atoms with Crippen LogP contribution < -0.4 is 21.9 Å². The zero-order chi connectivity index (χ0) is 25.2. The number of nitrogens with zero attached hydrogens (tertiary/aromatic N) is 2. The highest BCUT2D eigenvalue weighted by Crippen LogP contribution is 2.24. The Hall–Kier alpha value is -4.60. The SMILES string of the molecule is Nc1c2c(cc(=O)n1-c1ccc(NC3CCN(C(=O)OCc4ccccc4)CC3)cc1)C(=O)NC2=O. The molecule has 3 heterocycles. The molecule has 4 N–H and O–H groups in total. The van der Waals surface area contributed by atoms with Crippen LogP contribution in [0.4, 0.5) is 16.3 Å². The van der Waals surface area contributed by atoms with E-state index in [1.807, 2.05) is 42.5 Å². The molecule has 0 unspecified atom stereocenters. The van der Waals surface area contributed by atoms with E-state index in [0.29, 0.717) is 18.8 Å². The lowest BCUT2D eigenvalue weighted by Crippen LogP contribution is -2.42. The maximum Gasteiger partial charge on any atom is 0.410 e. The Morgan fingerprint density at radius 1 is 1.00 bits per heavy atom. The van der Waals surface area contributed by atoms with E-state index in [9.17, 15) is 19.2 Å². The smallest absolute Gasteiger partial charge is 0.410 e. The average Bonchev–Trinajstić information content (AvgIpc) is 3.17. The van der Waals surface area contributed by atoms with E-state index >= 15 is 0 Å². The molecule has 2 aliphatic rings. The number of amides is 3. The molecule has 5 rings (SSSR count). The lowest BCUT2D eigenvalue weighted by molar-refractivity contribution is 0.0870. The number of pyridine rings is 1. The van der Waals surface area contributed by atoms with Gasteiger partial charge in [0.05, 0.1) is 16.8 Å². The fourth-order valence-corrected chi connectivity index (χ4v) is 4.51. The zero-order valence-electron chi connectivity index (χ0n) is 19.4. The predicted molar refractivity (Wildman–Crippen MR) is 133 cm³/mol.